The number of rotatable bonds is 8. The first kappa shape index (κ1) is 24.0. The molecule has 0 unspecified atom stereocenters. The largest absolute Gasteiger partial charge is 0.491 e. The van der Waals surface area contributed by atoms with E-state index in [1.807, 2.05) is 11.4 Å². The Morgan fingerprint density at radius 3 is 2.76 bits per heavy atom. The number of nitrogens with zero attached hydrogens (tertiary/aromatic N) is 2. The van der Waals surface area contributed by atoms with E-state index in [0.29, 0.717) is 22.9 Å². The lowest BCUT2D eigenvalue weighted by molar-refractivity contribution is -0.135. The van der Waals surface area contributed by atoms with Gasteiger partial charge in [0.1, 0.15) is 24.7 Å². The number of ether oxygens (including phenoxy) is 1. The number of benzene rings is 2. The number of hydrogen-bond acceptors (Lipinski definition) is 4. The Balaban J connectivity index is 1.52. The van der Waals surface area contributed by atoms with Crippen molar-refractivity contribution in [2.24, 2.45) is 0 Å². The highest BCUT2D eigenvalue weighted by Crippen LogP contribution is 2.34. The van der Waals surface area contributed by atoms with Crippen LogP contribution in [0.15, 0.2) is 72.6 Å². The van der Waals surface area contributed by atoms with Gasteiger partial charge in [-0.2, -0.15) is 0 Å². The van der Waals surface area contributed by atoms with Gasteiger partial charge in [-0.15, -0.1) is 17.9 Å². The number of amides is 2. The highest BCUT2D eigenvalue weighted by molar-refractivity contribution is 7.10. The molecule has 2 amide bonds. The van der Waals surface area contributed by atoms with E-state index >= 15 is 0 Å². The molecule has 2 heterocycles. The number of fused-ring (bicyclic) bond motifs is 1. The zero-order chi connectivity index (χ0) is 24.1. The van der Waals surface area contributed by atoms with E-state index in [1.165, 1.54) is 21.9 Å². The summed E-state index contributed by atoms with van der Waals surface area (Å²) in [5.74, 6) is -0.279. The van der Waals surface area contributed by atoms with E-state index in [4.69, 9.17) is 16.3 Å². The molecule has 0 radical (unpaired) electrons. The third-order valence-corrected chi connectivity index (χ3v) is 6.90. The number of carbonyl (C=O) groups excluding carboxylic acids is 2. The number of halogens is 2. The van der Waals surface area contributed by atoms with E-state index in [0.717, 1.165) is 12.0 Å². The summed E-state index contributed by atoms with van der Waals surface area (Å²) in [6.45, 7) is 4.62. The van der Waals surface area contributed by atoms with Crippen LogP contribution in [0.5, 0.6) is 5.75 Å². The summed E-state index contributed by atoms with van der Waals surface area (Å²) in [5.41, 5.74) is 1.46. The molecule has 0 fully saturated rings. The van der Waals surface area contributed by atoms with Crippen LogP contribution in [0.2, 0.25) is 5.02 Å². The van der Waals surface area contributed by atoms with Crippen molar-refractivity contribution in [3.05, 3.63) is 99.5 Å². The Kier molecular flexibility index (Phi) is 7.65. The van der Waals surface area contributed by atoms with Gasteiger partial charge >= 0.3 is 0 Å². The lowest BCUT2D eigenvalue weighted by Crippen LogP contribution is -2.47. The van der Waals surface area contributed by atoms with Gasteiger partial charge in [-0.25, -0.2) is 4.39 Å². The second-order valence-electron chi connectivity index (χ2n) is 7.90. The van der Waals surface area contributed by atoms with Crippen LogP contribution < -0.4 is 4.74 Å². The van der Waals surface area contributed by atoms with Crippen molar-refractivity contribution in [3.8, 4) is 5.75 Å². The standard InChI is InChI=1S/C26H24ClFN2O3S/c1-2-12-29(26(32)18-4-3-5-19(27)15-18)16-25(31)30-13-10-24-22(11-14-34-24)23(30)17-33-21-8-6-20(28)7-9-21/h2-9,11,14-15,23H,1,10,12-13,16-17H2/t23-/m0/s1. The minimum Gasteiger partial charge on any atom is -0.491 e. The van der Waals surface area contributed by atoms with Crippen LogP contribution in [0, 0.1) is 5.82 Å². The molecule has 0 spiro atoms. The zero-order valence-corrected chi connectivity index (χ0v) is 20.0. The van der Waals surface area contributed by atoms with Gasteiger partial charge in [-0.3, -0.25) is 9.59 Å². The first-order valence-corrected chi connectivity index (χ1v) is 12.1. The number of carbonyl (C=O) groups is 2. The van der Waals surface area contributed by atoms with Crippen molar-refractivity contribution >= 4 is 34.8 Å². The average Bonchev–Trinajstić information content (AvgIpc) is 3.32. The summed E-state index contributed by atoms with van der Waals surface area (Å²) in [7, 11) is 0. The summed E-state index contributed by atoms with van der Waals surface area (Å²) in [6.07, 6.45) is 2.34. The summed E-state index contributed by atoms with van der Waals surface area (Å²) >= 11 is 7.71. The molecule has 8 heteroatoms. The number of thiophene rings is 1. The van der Waals surface area contributed by atoms with Crippen molar-refractivity contribution < 1.29 is 18.7 Å². The summed E-state index contributed by atoms with van der Waals surface area (Å²) in [6, 6.07) is 14.2. The van der Waals surface area contributed by atoms with Crippen molar-refractivity contribution in [2.45, 2.75) is 12.5 Å². The molecular formula is C26H24ClFN2O3S. The second-order valence-corrected chi connectivity index (χ2v) is 9.34. The monoisotopic (exact) mass is 498 g/mol. The normalized spacial score (nSPS) is 14.9. The smallest absolute Gasteiger partial charge is 0.254 e. The molecule has 3 aromatic rings. The molecule has 1 aromatic heterocycles. The SMILES string of the molecule is C=CCN(CC(=O)N1CCc2sccc2[C@@H]1COc1ccc(F)cc1)C(=O)c1cccc(Cl)c1. The Morgan fingerprint density at radius 1 is 1.24 bits per heavy atom. The van der Waals surface area contributed by atoms with Gasteiger partial charge in [0, 0.05) is 28.6 Å². The predicted molar refractivity (Wildman–Crippen MR) is 132 cm³/mol. The molecule has 1 aliphatic heterocycles. The van der Waals surface area contributed by atoms with Crippen molar-refractivity contribution in [1.29, 1.82) is 0 Å². The van der Waals surface area contributed by atoms with Gasteiger partial charge in [0.2, 0.25) is 5.91 Å². The summed E-state index contributed by atoms with van der Waals surface area (Å²) in [4.78, 5) is 31.0. The highest BCUT2D eigenvalue weighted by Gasteiger charge is 2.33. The van der Waals surface area contributed by atoms with Gasteiger partial charge < -0.3 is 14.5 Å². The van der Waals surface area contributed by atoms with E-state index in [2.05, 4.69) is 6.58 Å². The molecule has 0 saturated carbocycles. The Labute approximate surface area is 207 Å². The van der Waals surface area contributed by atoms with Crippen LogP contribution in [0.4, 0.5) is 4.39 Å². The summed E-state index contributed by atoms with van der Waals surface area (Å²) in [5, 5.41) is 2.46. The van der Waals surface area contributed by atoms with Crippen molar-refractivity contribution in [3.63, 3.8) is 0 Å². The predicted octanol–water partition coefficient (Wildman–Crippen LogP) is 5.37. The van der Waals surface area contributed by atoms with Gasteiger partial charge in [0.15, 0.2) is 0 Å². The maximum atomic E-state index is 13.5. The molecule has 0 saturated heterocycles. The highest BCUT2D eigenvalue weighted by atomic mass is 35.5. The third kappa shape index (κ3) is 5.48. The van der Waals surface area contributed by atoms with E-state index in [1.54, 1.807) is 58.7 Å². The van der Waals surface area contributed by atoms with Crippen LogP contribution in [-0.4, -0.2) is 47.9 Å². The van der Waals surface area contributed by atoms with Crippen molar-refractivity contribution in [1.82, 2.24) is 9.80 Å². The molecule has 0 N–H and O–H groups in total. The minimum absolute atomic E-state index is 0.0934. The molecule has 0 aliphatic carbocycles. The second kappa shape index (κ2) is 10.8. The van der Waals surface area contributed by atoms with Gasteiger partial charge in [0.25, 0.3) is 5.91 Å². The topological polar surface area (TPSA) is 49.9 Å². The minimum atomic E-state index is -0.339. The Bertz CT molecular complexity index is 1180. The van der Waals surface area contributed by atoms with Crippen LogP contribution in [-0.2, 0) is 11.2 Å². The van der Waals surface area contributed by atoms with E-state index in [-0.39, 0.29) is 43.4 Å². The van der Waals surface area contributed by atoms with E-state index < -0.39 is 0 Å². The average molecular weight is 499 g/mol. The van der Waals surface area contributed by atoms with Gasteiger partial charge in [-0.1, -0.05) is 23.7 Å². The van der Waals surface area contributed by atoms with Gasteiger partial charge in [0.05, 0.1) is 6.04 Å². The zero-order valence-electron chi connectivity index (χ0n) is 18.5. The first-order chi connectivity index (χ1) is 16.5. The quantitative estimate of drug-likeness (QED) is 0.392. The summed E-state index contributed by atoms with van der Waals surface area (Å²) < 4.78 is 19.2. The maximum absolute atomic E-state index is 13.5. The molecule has 34 heavy (non-hydrogen) atoms. The fourth-order valence-electron chi connectivity index (χ4n) is 4.01. The molecule has 1 atom stereocenters. The molecule has 0 bridgehead atoms. The molecule has 2 aromatic carbocycles. The van der Waals surface area contributed by atoms with Gasteiger partial charge in [-0.05, 0) is 65.9 Å². The Hall–Kier alpha value is -3.16. The van der Waals surface area contributed by atoms with Crippen LogP contribution in [0.1, 0.15) is 26.8 Å². The first-order valence-electron chi connectivity index (χ1n) is 10.9. The molecular weight excluding hydrogens is 475 g/mol. The lowest BCUT2D eigenvalue weighted by Gasteiger charge is -2.37. The lowest BCUT2D eigenvalue weighted by atomic mass is 10.0. The van der Waals surface area contributed by atoms with Crippen LogP contribution >= 0.6 is 22.9 Å². The maximum Gasteiger partial charge on any atom is 0.254 e. The number of hydrogen-bond donors (Lipinski definition) is 0. The molecule has 4 rings (SSSR count). The molecule has 176 valence electrons. The van der Waals surface area contributed by atoms with Crippen LogP contribution in [0.3, 0.4) is 0 Å². The third-order valence-electron chi connectivity index (χ3n) is 5.67. The fourth-order valence-corrected chi connectivity index (χ4v) is 5.13. The van der Waals surface area contributed by atoms with E-state index in [9.17, 15) is 14.0 Å². The Morgan fingerprint density at radius 2 is 2.03 bits per heavy atom. The van der Waals surface area contributed by atoms with Crippen molar-refractivity contribution in [2.75, 3.05) is 26.2 Å². The molecule has 5 nitrogen and oxygen atoms in total. The van der Waals surface area contributed by atoms with Crippen LogP contribution in [0.25, 0.3) is 0 Å². The fraction of sp³-hybridized carbons (Fsp3) is 0.231. The molecule has 1 aliphatic rings.